The molecule has 18 heteroatoms. The number of aromatic nitrogens is 1. The van der Waals surface area contributed by atoms with Gasteiger partial charge in [-0.2, -0.15) is 31.6 Å². The highest BCUT2D eigenvalue weighted by Crippen LogP contribution is 2.46. The molecule has 3 aromatic carbocycles. The predicted molar refractivity (Wildman–Crippen MR) is 161 cm³/mol. The standard InChI is InChI=1S/C32H21F6N5O7/c33-31(34,35)29(47)49-23-11-10-18(28(46)41-13-12-39)25(50-30(48)32(36,37)38)24(23)19-14-21(17-8-4-5-9-22(17)44)42-26(20(19)15-40)43-27(45)16-6-2-1-3-7-16/h1-11,14,44H,12-13,39H2,(H,41,46)(H,42,43,45). The van der Waals surface area contributed by atoms with Crippen molar-refractivity contribution in [2.45, 2.75) is 12.4 Å². The van der Waals surface area contributed by atoms with Gasteiger partial charge in [0.25, 0.3) is 11.8 Å². The number of phenols is 1. The Morgan fingerprint density at radius 1 is 0.840 bits per heavy atom. The number of nitriles is 1. The van der Waals surface area contributed by atoms with Gasteiger partial charge in [0.2, 0.25) is 0 Å². The van der Waals surface area contributed by atoms with Gasteiger partial charge in [-0.25, -0.2) is 14.6 Å². The number of hydrogen-bond acceptors (Lipinski definition) is 10. The molecule has 0 unspecified atom stereocenters. The summed E-state index contributed by atoms with van der Waals surface area (Å²) in [5, 5.41) is 25.4. The summed E-state index contributed by atoms with van der Waals surface area (Å²) in [6.07, 6.45) is -11.4. The Morgan fingerprint density at radius 3 is 2.06 bits per heavy atom. The number of pyridine rings is 1. The number of alkyl halides is 6. The van der Waals surface area contributed by atoms with E-state index in [0.29, 0.717) is 12.1 Å². The fourth-order valence-electron chi connectivity index (χ4n) is 4.32. The molecule has 0 aliphatic heterocycles. The number of phenolic OH excluding ortho intramolecular Hbond substituents is 1. The van der Waals surface area contributed by atoms with Gasteiger partial charge in [0.05, 0.1) is 16.8 Å². The van der Waals surface area contributed by atoms with Crippen molar-refractivity contribution in [2.24, 2.45) is 5.73 Å². The van der Waals surface area contributed by atoms with Crippen molar-refractivity contribution in [2.75, 3.05) is 18.4 Å². The second-order valence-electron chi connectivity index (χ2n) is 9.86. The van der Waals surface area contributed by atoms with Gasteiger partial charge >= 0.3 is 24.3 Å². The minimum Gasteiger partial charge on any atom is -0.507 e. The summed E-state index contributed by atoms with van der Waals surface area (Å²) in [5.74, 6) is -11.7. The Kier molecular flexibility index (Phi) is 10.7. The van der Waals surface area contributed by atoms with Crippen LogP contribution in [0.15, 0.2) is 72.8 Å². The zero-order chi connectivity index (χ0) is 36.8. The van der Waals surface area contributed by atoms with Crippen LogP contribution in [0.4, 0.5) is 32.2 Å². The third kappa shape index (κ3) is 8.14. The van der Waals surface area contributed by atoms with E-state index in [2.05, 4.69) is 25.1 Å². The highest BCUT2D eigenvalue weighted by atomic mass is 19.4. The predicted octanol–water partition coefficient (Wildman–Crippen LogP) is 4.87. The van der Waals surface area contributed by atoms with Gasteiger partial charge in [-0.05, 0) is 42.5 Å². The van der Waals surface area contributed by atoms with Crippen LogP contribution in [0.2, 0.25) is 0 Å². The van der Waals surface area contributed by atoms with Crippen LogP contribution in [0.5, 0.6) is 17.2 Å². The number of esters is 2. The van der Waals surface area contributed by atoms with Crippen LogP contribution in [-0.4, -0.2) is 59.3 Å². The normalized spacial score (nSPS) is 11.2. The minimum atomic E-state index is -5.74. The molecule has 0 aliphatic rings. The Bertz CT molecular complexity index is 2010. The maximum Gasteiger partial charge on any atom is 0.491 e. The van der Waals surface area contributed by atoms with Crippen LogP contribution in [0, 0.1) is 11.3 Å². The highest BCUT2D eigenvalue weighted by molar-refractivity contribution is 6.06. The number of nitrogens with one attached hydrogen (secondary N) is 2. The van der Waals surface area contributed by atoms with Crippen LogP contribution >= 0.6 is 0 Å². The molecule has 0 aliphatic carbocycles. The summed E-state index contributed by atoms with van der Waals surface area (Å²) in [7, 11) is 0. The molecule has 0 bridgehead atoms. The molecule has 0 saturated heterocycles. The molecule has 12 nitrogen and oxygen atoms in total. The van der Waals surface area contributed by atoms with Crippen molar-refractivity contribution < 1.29 is 60.1 Å². The average Bonchev–Trinajstić information content (AvgIpc) is 3.06. The van der Waals surface area contributed by atoms with E-state index in [9.17, 15) is 55.9 Å². The minimum absolute atomic E-state index is 0.0193. The molecular formula is C32H21F6N5O7. The van der Waals surface area contributed by atoms with Crippen LogP contribution in [0.3, 0.4) is 0 Å². The summed E-state index contributed by atoms with van der Waals surface area (Å²) in [6, 6.07) is 16.2. The quantitative estimate of drug-likeness (QED) is 0.106. The smallest absolute Gasteiger partial charge is 0.491 e. The molecule has 4 aromatic rings. The SMILES string of the molecule is N#Cc1c(-c2c(OC(=O)C(F)(F)F)ccc(C(=O)NCCN)c2OC(=O)C(F)(F)F)cc(-c2ccccc2O)nc1NC(=O)c1ccccc1. The zero-order valence-electron chi connectivity index (χ0n) is 25.0. The molecule has 5 N–H and O–H groups in total. The van der Waals surface area contributed by atoms with Gasteiger partial charge in [-0.3, -0.25) is 9.59 Å². The number of benzene rings is 3. The van der Waals surface area contributed by atoms with E-state index < -0.39 is 81.4 Å². The lowest BCUT2D eigenvalue weighted by Gasteiger charge is -2.21. The highest BCUT2D eigenvalue weighted by Gasteiger charge is 2.44. The Labute approximate surface area is 277 Å². The molecule has 0 radical (unpaired) electrons. The number of hydrogen-bond donors (Lipinski definition) is 4. The van der Waals surface area contributed by atoms with Crippen molar-refractivity contribution >= 4 is 29.6 Å². The summed E-state index contributed by atoms with van der Waals surface area (Å²) in [5.41, 5.74) is 1.36. The lowest BCUT2D eigenvalue weighted by Crippen LogP contribution is -2.32. The van der Waals surface area contributed by atoms with Crippen LogP contribution in [0.1, 0.15) is 26.3 Å². The van der Waals surface area contributed by atoms with E-state index in [1.54, 1.807) is 12.1 Å². The summed E-state index contributed by atoms with van der Waals surface area (Å²) < 4.78 is 89.9. The second-order valence-corrected chi connectivity index (χ2v) is 9.86. The molecule has 0 saturated carbocycles. The number of halogens is 6. The number of carbonyl (C=O) groups excluding carboxylic acids is 4. The van der Waals surface area contributed by atoms with Gasteiger partial charge in [-0.15, -0.1) is 0 Å². The van der Waals surface area contributed by atoms with Gasteiger partial charge in [0.15, 0.2) is 11.6 Å². The molecule has 2 amide bonds. The first kappa shape index (κ1) is 36.4. The average molecular weight is 702 g/mol. The van der Waals surface area contributed by atoms with Crippen molar-refractivity contribution in [3.63, 3.8) is 0 Å². The maximum absolute atomic E-state index is 13.6. The molecule has 258 valence electrons. The van der Waals surface area contributed by atoms with Crippen LogP contribution in [-0.2, 0) is 9.59 Å². The van der Waals surface area contributed by atoms with Gasteiger partial charge in [0, 0.05) is 29.8 Å². The summed E-state index contributed by atoms with van der Waals surface area (Å²) in [6.45, 7) is -0.466. The number of anilines is 1. The third-order valence-corrected chi connectivity index (χ3v) is 6.50. The lowest BCUT2D eigenvalue weighted by molar-refractivity contribution is -0.190. The van der Waals surface area contributed by atoms with E-state index in [1.165, 1.54) is 48.5 Å². The molecule has 50 heavy (non-hydrogen) atoms. The first-order valence-corrected chi connectivity index (χ1v) is 13.9. The van der Waals surface area contributed by atoms with Gasteiger partial charge in [-0.1, -0.05) is 30.3 Å². The number of carbonyl (C=O) groups is 4. The second kappa shape index (κ2) is 14.7. The van der Waals surface area contributed by atoms with Crippen LogP contribution in [0.25, 0.3) is 22.4 Å². The Morgan fingerprint density at radius 2 is 1.46 bits per heavy atom. The topological polar surface area (TPSA) is 194 Å². The number of ether oxygens (including phenoxy) is 2. The van der Waals surface area contributed by atoms with E-state index in [1.807, 2.05) is 0 Å². The fourth-order valence-corrected chi connectivity index (χ4v) is 4.32. The first-order valence-electron chi connectivity index (χ1n) is 13.9. The number of para-hydroxylation sites is 1. The molecular weight excluding hydrogens is 680 g/mol. The fraction of sp³-hybridized carbons (Fsp3) is 0.125. The molecule has 0 fully saturated rings. The van der Waals surface area contributed by atoms with Gasteiger partial charge in [0.1, 0.15) is 23.1 Å². The Hall–Kier alpha value is -6.48. The summed E-state index contributed by atoms with van der Waals surface area (Å²) in [4.78, 5) is 54.7. The van der Waals surface area contributed by atoms with E-state index in [-0.39, 0.29) is 29.9 Å². The molecule has 0 spiro atoms. The van der Waals surface area contributed by atoms with Crippen molar-refractivity contribution in [1.82, 2.24) is 10.3 Å². The third-order valence-electron chi connectivity index (χ3n) is 6.50. The zero-order valence-corrected chi connectivity index (χ0v) is 25.0. The number of rotatable bonds is 9. The van der Waals surface area contributed by atoms with Crippen molar-refractivity contribution in [1.29, 1.82) is 5.26 Å². The summed E-state index contributed by atoms with van der Waals surface area (Å²) >= 11 is 0. The van der Waals surface area contributed by atoms with Crippen molar-refractivity contribution in [3.8, 4) is 45.7 Å². The lowest BCUT2D eigenvalue weighted by atomic mass is 9.94. The van der Waals surface area contributed by atoms with Crippen molar-refractivity contribution in [3.05, 3.63) is 89.5 Å². The van der Waals surface area contributed by atoms with E-state index in [0.717, 1.165) is 6.07 Å². The largest absolute Gasteiger partial charge is 0.507 e. The van der Waals surface area contributed by atoms with E-state index in [4.69, 9.17) is 5.73 Å². The maximum atomic E-state index is 13.6. The molecule has 4 rings (SSSR count). The first-order chi connectivity index (χ1) is 23.6. The monoisotopic (exact) mass is 701 g/mol. The van der Waals surface area contributed by atoms with Gasteiger partial charge < -0.3 is 30.9 Å². The van der Waals surface area contributed by atoms with E-state index >= 15 is 0 Å². The number of nitrogens with two attached hydrogens (primary N) is 1. The number of amides is 2. The number of nitrogens with zero attached hydrogens (tertiary/aromatic N) is 2. The molecule has 0 atom stereocenters. The molecule has 1 heterocycles. The van der Waals surface area contributed by atoms with Crippen LogP contribution < -0.4 is 25.8 Å². The molecule has 1 aromatic heterocycles. The Balaban J connectivity index is 2.16. The number of aromatic hydroxyl groups is 1.